The molecule has 0 radical (unpaired) electrons. The summed E-state index contributed by atoms with van der Waals surface area (Å²) < 4.78 is 12.7. The van der Waals surface area contributed by atoms with Crippen LogP contribution in [0.3, 0.4) is 0 Å². The molecule has 0 unspecified atom stereocenters. The van der Waals surface area contributed by atoms with E-state index in [0.29, 0.717) is 16.3 Å². The molecule has 0 aliphatic heterocycles. The number of nitrogens with one attached hydrogen (secondary N) is 1. The van der Waals surface area contributed by atoms with Crippen LogP contribution in [0.5, 0.6) is 0 Å². The normalized spacial score (nSPS) is 12.2. The standard InChI is InChI=1S/C13H12ClFN2O/c14-11-7-16-6-5-12(11)17-8-13(18)9-1-3-10(15)4-2-9/h1-7,13,18H,8H2,(H,16,17)/t13-/m1/s1. The van der Waals surface area contributed by atoms with Gasteiger partial charge in [0.15, 0.2) is 0 Å². The summed E-state index contributed by atoms with van der Waals surface area (Å²) in [7, 11) is 0. The second kappa shape index (κ2) is 5.80. The van der Waals surface area contributed by atoms with Crippen LogP contribution in [0.4, 0.5) is 10.1 Å². The van der Waals surface area contributed by atoms with Gasteiger partial charge in [-0.3, -0.25) is 4.98 Å². The van der Waals surface area contributed by atoms with Gasteiger partial charge in [0.05, 0.1) is 16.8 Å². The number of anilines is 1. The van der Waals surface area contributed by atoms with E-state index in [1.54, 1.807) is 24.4 Å². The molecule has 0 fully saturated rings. The zero-order valence-corrected chi connectivity index (χ0v) is 10.2. The molecular formula is C13H12ClFN2O. The van der Waals surface area contributed by atoms with Gasteiger partial charge in [0.1, 0.15) is 5.82 Å². The highest BCUT2D eigenvalue weighted by Gasteiger charge is 2.08. The van der Waals surface area contributed by atoms with Gasteiger partial charge in [-0.15, -0.1) is 0 Å². The number of aliphatic hydroxyl groups excluding tert-OH is 1. The van der Waals surface area contributed by atoms with E-state index in [1.807, 2.05) is 0 Å². The first-order valence-electron chi connectivity index (χ1n) is 5.44. The predicted molar refractivity (Wildman–Crippen MR) is 69.1 cm³/mol. The SMILES string of the molecule is O[C@H](CNc1ccncc1Cl)c1ccc(F)cc1. The molecule has 2 rings (SSSR count). The van der Waals surface area contributed by atoms with E-state index in [2.05, 4.69) is 10.3 Å². The van der Waals surface area contributed by atoms with Crippen molar-refractivity contribution in [2.75, 3.05) is 11.9 Å². The van der Waals surface area contributed by atoms with Gasteiger partial charge in [-0.2, -0.15) is 0 Å². The highest BCUT2D eigenvalue weighted by molar-refractivity contribution is 6.33. The summed E-state index contributed by atoms with van der Waals surface area (Å²) in [6.07, 6.45) is 2.40. The Bertz CT molecular complexity index is 519. The van der Waals surface area contributed by atoms with E-state index in [1.165, 1.54) is 18.3 Å². The molecule has 2 aromatic rings. The zero-order valence-electron chi connectivity index (χ0n) is 9.48. The molecule has 3 nitrogen and oxygen atoms in total. The van der Waals surface area contributed by atoms with Crippen molar-refractivity contribution in [2.24, 2.45) is 0 Å². The minimum absolute atomic E-state index is 0.287. The molecule has 1 heterocycles. The number of benzene rings is 1. The minimum atomic E-state index is -0.727. The fourth-order valence-corrected chi connectivity index (χ4v) is 1.71. The first-order valence-corrected chi connectivity index (χ1v) is 5.81. The number of hydrogen-bond acceptors (Lipinski definition) is 3. The minimum Gasteiger partial charge on any atom is -0.387 e. The molecule has 18 heavy (non-hydrogen) atoms. The summed E-state index contributed by atoms with van der Waals surface area (Å²) in [5.41, 5.74) is 1.35. The van der Waals surface area contributed by atoms with Crippen molar-refractivity contribution in [3.8, 4) is 0 Å². The van der Waals surface area contributed by atoms with Crippen LogP contribution in [-0.4, -0.2) is 16.6 Å². The third-order valence-corrected chi connectivity index (χ3v) is 2.81. The molecule has 2 N–H and O–H groups in total. The molecule has 0 aliphatic rings. The number of hydrogen-bond donors (Lipinski definition) is 2. The second-order valence-corrected chi connectivity index (χ2v) is 4.21. The van der Waals surface area contributed by atoms with Crippen LogP contribution in [0.25, 0.3) is 0 Å². The maximum Gasteiger partial charge on any atom is 0.123 e. The molecule has 0 bridgehead atoms. The number of rotatable bonds is 4. The van der Waals surface area contributed by atoms with E-state index in [9.17, 15) is 9.50 Å². The first kappa shape index (κ1) is 12.8. The van der Waals surface area contributed by atoms with E-state index in [-0.39, 0.29) is 12.4 Å². The number of aliphatic hydroxyl groups is 1. The van der Waals surface area contributed by atoms with Crippen molar-refractivity contribution in [1.29, 1.82) is 0 Å². The lowest BCUT2D eigenvalue weighted by Gasteiger charge is -2.13. The zero-order chi connectivity index (χ0) is 13.0. The maximum atomic E-state index is 12.7. The molecule has 1 aromatic carbocycles. The Morgan fingerprint density at radius 3 is 2.67 bits per heavy atom. The van der Waals surface area contributed by atoms with Gasteiger partial charge in [-0.1, -0.05) is 23.7 Å². The van der Waals surface area contributed by atoms with E-state index < -0.39 is 6.10 Å². The number of pyridine rings is 1. The Kier molecular flexibility index (Phi) is 4.12. The lowest BCUT2D eigenvalue weighted by atomic mass is 10.1. The molecule has 0 aliphatic carbocycles. The van der Waals surface area contributed by atoms with Gasteiger partial charge >= 0.3 is 0 Å². The van der Waals surface area contributed by atoms with E-state index in [0.717, 1.165) is 0 Å². The molecule has 94 valence electrons. The number of halogens is 2. The summed E-state index contributed by atoms with van der Waals surface area (Å²) in [4.78, 5) is 3.86. The summed E-state index contributed by atoms with van der Waals surface area (Å²) in [5, 5.41) is 13.4. The van der Waals surface area contributed by atoms with Gasteiger partial charge < -0.3 is 10.4 Å². The smallest absolute Gasteiger partial charge is 0.123 e. The molecule has 0 saturated carbocycles. The van der Waals surface area contributed by atoms with Gasteiger partial charge in [0.2, 0.25) is 0 Å². The molecule has 5 heteroatoms. The Morgan fingerprint density at radius 1 is 1.28 bits per heavy atom. The van der Waals surface area contributed by atoms with Crippen LogP contribution in [0, 0.1) is 5.82 Å². The third kappa shape index (κ3) is 3.18. The molecular weight excluding hydrogens is 255 g/mol. The fraction of sp³-hybridized carbons (Fsp3) is 0.154. The molecule has 1 atom stereocenters. The second-order valence-electron chi connectivity index (χ2n) is 3.80. The molecule has 0 spiro atoms. The number of nitrogens with zero attached hydrogens (tertiary/aromatic N) is 1. The molecule has 0 saturated heterocycles. The largest absolute Gasteiger partial charge is 0.387 e. The topological polar surface area (TPSA) is 45.1 Å². The van der Waals surface area contributed by atoms with Gasteiger partial charge in [-0.05, 0) is 23.8 Å². The van der Waals surface area contributed by atoms with Crippen LogP contribution in [0.1, 0.15) is 11.7 Å². The molecule has 1 aromatic heterocycles. The van der Waals surface area contributed by atoms with E-state index in [4.69, 9.17) is 11.6 Å². The van der Waals surface area contributed by atoms with Crippen molar-refractivity contribution in [2.45, 2.75) is 6.10 Å². The predicted octanol–water partition coefficient (Wildman–Crippen LogP) is 3.02. The van der Waals surface area contributed by atoms with Gasteiger partial charge in [0.25, 0.3) is 0 Å². The lowest BCUT2D eigenvalue weighted by molar-refractivity contribution is 0.191. The highest BCUT2D eigenvalue weighted by Crippen LogP contribution is 2.21. The van der Waals surface area contributed by atoms with Crippen molar-refractivity contribution in [3.05, 3.63) is 59.1 Å². The highest BCUT2D eigenvalue weighted by atomic mass is 35.5. The van der Waals surface area contributed by atoms with Crippen LogP contribution in [0.15, 0.2) is 42.7 Å². The summed E-state index contributed by atoms with van der Waals surface area (Å²) in [6.45, 7) is 0.287. The van der Waals surface area contributed by atoms with Crippen molar-refractivity contribution < 1.29 is 9.50 Å². The Balaban J connectivity index is 1.98. The van der Waals surface area contributed by atoms with Crippen LogP contribution in [0.2, 0.25) is 5.02 Å². The van der Waals surface area contributed by atoms with Gasteiger partial charge in [0, 0.05) is 18.9 Å². The van der Waals surface area contributed by atoms with Gasteiger partial charge in [-0.25, -0.2) is 4.39 Å². The van der Waals surface area contributed by atoms with Crippen molar-refractivity contribution in [1.82, 2.24) is 4.98 Å². The average Bonchev–Trinajstić information content (AvgIpc) is 2.38. The van der Waals surface area contributed by atoms with Crippen LogP contribution < -0.4 is 5.32 Å². The fourth-order valence-electron chi connectivity index (χ4n) is 1.53. The Hall–Kier alpha value is -1.65. The van der Waals surface area contributed by atoms with Crippen LogP contribution >= 0.6 is 11.6 Å². The quantitative estimate of drug-likeness (QED) is 0.894. The molecule has 0 amide bonds. The van der Waals surface area contributed by atoms with Crippen molar-refractivity contribution >= 4 is 17.3 Å². The average molecular weight is 267 g/mol. The van der Waals surface area contributed by atoms with Crippen LogP contribution in [-0.2, 0) is 0 Å². The number of aromatic nitrogens is 1. The monoisotopic (exact) mass is 266 g/mol. The van der Waals surface area contributed by atoms with E-state index >= 15 is 0 Å². The first-order chi connectivity index (χ1) is 8.66. The summed E-state index contributed by atoms with van der Waals surface area (Å²) >= 11 is 5.92. The van der Waals surface area contributed by atoms with Crippen molar-refractivity contribution in [3.63, 3.8) is 0 Å². The Labute approximate surface area is 109 Å². The Morgan fingerprint density at radius 2 is 2.00 bits per heavy atom. The lowest BCUT2D eigenvalue weighted by Crippen LogP contribution is -2.12. The summed E-state index contributed by atoms with van der Waals surface area (Å²) in [5.74, 6) is -0.323. The maximum absolute atomic E-state index is 12.7. The third-order valence-electron chi connectivity index (χ3n) is 2.51. The summed E-state index contributed by atoms with van der Waals surface area (Å²) in [6, 6.07) is 7.46.